The molecule has 13 nitrogen and oxygen atoms in total. The van der Waals surface area contributed by atoms with Crippen molar-refractivity contribution in [1.82, 2.24) is 15.3 Å². The molecule has 8 rings (SSSR count). The third-order valence-corrected chi connectivity index (χ3v) is 14.0. The molecule has 8 aromatic rings. The molecule has 2 aromatic heterocycles. The van der Waals surface area contributed by atoms with E-state index in [0.717, 1.165) is 50.1 Å². The Hall–Kier alpha value is -8.72. The molecule has 0 aliphatic carbocycles. The fourth-order valence-electron chi connectivity index (χ4n) is 9.00. The summed E-state index contributed by atoms with van der Waals surface area (Å²) in [7, 11) is 0. The van der Waals surface area contributed by atoms with Crippen molar-refractivity contribution in [3.8, 4) is 46.3 Å². The lowest BCUT2D eigenvalue weighted by Crippen LogP contribution is -2.38. The van der Waals surface area contributed by atoms with E-state index in [4.69, 9.17) is 42.1 Å². The number of nitrogens with zero attached hydrogens (tertiary/aromatic N) is 4. The third kappa shape index (κ3) is 14.8. The molecule has 2 atom stereocenters. The first kappa shape index (κ1) is 55.5. The summed E-state index contributed by atoms with van der Waals surface area (Å²) in [5, 5.41) is 43.0. The number of hydrogen-bond acceptors (Lipinski definition) is 11. The highest BCUT2D eigenvalue weighted by atomic mass is 35.5. The van der Waals surface area contributed by atoms with Gasteiger partial charge in [-0.15, -0.1) is 0 Å². The van der Waals surface area contributed by atoms with Crippen LogP contribution in [0.1, 0.15) is 73.2 Å². The standard InChI is InChI=1S/C63H55Cl2N5O8/c1-40-50(38-77-60-27-58(75-36-46-21-44(29-66)31-68-33-46)48(25-55(60)64)19-20-49(62(71)72)23-42-11-5-3-6-12-42)15-9-17-53(40)54-18-10-16-51(41(54)2)39-78-61-28-59(76-37-47-22-45(30-67)32-69-34-47)52(26-56(61)65)35-70-57(63(73)74)24-43-13-7-4-8-14-43/h3-18,21-22,25-28,31-34,49,57,70H,19-20,23-24,35-39H2,1-2H3,(H,71,72)(H,73,74). The van der Waals surface area contributed by atoms with E-state index >= 15 is 0 Å². The fraction of sp³-hybridized carbons (Fsp3) is 0.206. The number of carboxylic acid groups (broad SMARTS) is 2. The van der Waals surface area contributed by atoms with Gasteiger partial charge >= 0.3 is 11.9 Å². The molecule has 0 aliphatic heterocycles. The number of aryl methyl sites for hydroxylation is 1. The van der Waals surface area contributed by atoms with E-state index < -0.39 is 23.9 Å². The molecule has 0 spiro atoms. The van der Waals surface area contributed by atoms with E-state index in [9.17, 15) is 30.3 Å². The molecular weight excluding hydrogens is 1030 g/mol. The summed E-state index contributed by atoms with van der Waals surface area (Å²) in [4.78, 5) is 33.1. The van der Waals surface area contributed by atoms with Gasteiger partial charge in [0, 0.05) is 60.2 Å². The Morgan fingerprint density at radius 1 is 0.538 bits per heavy atom. The maximum absolute atomic E-state index is 12.4. The van der Waals surface area contributed by atoms with Gasteiger partial charge in [0.25, 0.3) is 0 Å². The molecule has 2 heterocycles. The highest BCUT2D eigenvalue weighted by Gasteiger charge is 2.23. The van der Waals surface area contributed by atoms with Gasteiger partial charge < -0.3 is 29.2 Å². The van der Waals surface area contributed by atoms with Crippen LogP contribution in [0.25, 0.3) is 11.1 Å². The lowest BCUT2D eigenvalue weighted by Gasteiger charge is -2.20. The van der Waals surface area contributed by atoms with E-state index in [1.54, 1.807) is 48.8 Å². The molecule has 2 unspecified atom stereocenters. The zero-order valence-corrected chi connectivity index (χ0v) is 44.4. The smallest absolute Gasteiger partial charge is 0.321 e. The zero-order chi connectivity index (χ0) is 55.0. The molecule has 0 bridgehead atoms. The molecule has 0 saturated carbocycles. The zero-order valence-electron chi connectivity index (χ0n) is 42.9. The predicted octanol–water partition coefficient (Wildman–Crippen LogP) is 12.8. The number of ether oxygens (including phenoxy) is 4. The van der Waals surface area contributed by atoms with Crippen molar-refractivity contribution in [1.29, 1.82) is 10.5 Å². The minimum absolute atomic E-state index is 0.0767. The van der Waals surface area contributed by atoms with Gasteiger partial charge in [-0.05, 0) is 114 Å². The fourth-order valence-corrected chi connectivity index (χ4v) is 9.48. The van der Waals surface area contributed by atoms with Crippen LogP contribution >= 0.6 is 23.2 Å². The number of carbonyl (C=O) groups is 2. The average Bonchev–Trinajstić information content (AvgIpc) is 3.46. The number of nitrogens with one attached hydrogen (secondary N) is 1. The van der Waals surface area contributed by atoms with Crippen LogP contribution in [0.4, 0.5) is 0 Å². The summed E-state index contributed by atoms with van der Waals surface area (Å²) in [6.45, 7) is 4.71. The number of benzene rings is 6. The Labute approximate surface area is 463 Å². The summed E-state index contributed by atoms with van der Waals surface area (Å²) in [6.07, 6.45) is 7.54. The molecule has 15 heteroatoms. The first-order valence-corrected chi connectivity index (χ1v) is 25.9. The van der Waals surface area contributed by atoms with E-state index in [2.05, 4.69) is 39.6 Å². The molecular formula is C63H55Cl2N5O8. The number of aliphatic carboxylic acids is 2. The van der Waals surface area contributed by atoms with Gasteiger partial charge in [-0.2, -0.15) is 10.5 Å². The van der Waals surface area contributed by atoms with Crippen molar-refractivity contribution in [3.05, 3.63) is 235 Å². The molecule has 0 saturated heterocycles. The number of carboxylic acids is 2. The summed E-state index contributed by atoms with van der Waals surface area (Å²) in [5.74, 6) is -0.899. The summed E-state index contributed by atoms with van der Waals surface area (Å²) in [6, 6.07) is 44.6. The van der Waals surface area contributed by atoms with Gasteiger partial charge in [-0.3, -0.25) is 24.9 Å². The van der Waals surface area contributed by atoms with Crippen LogP contribution in [0.15, 0.2) is 158 Å². The summed E-state index contributed by atoms with van der Waals surface area (Å²) < 4.78 is 25.6. The van der Waals surface area contributed by atoms with Crippen molar-refractivity contribution in [2.75, 3.05) is 0 Å². The number of nitriles is 2. The Morgan fingerprint density at radius 3 is 1.50 bits per heavy atom. The Morgan fingerprint density at radius 2 is 1.01 bits per heavy atom. The number of rotatable bonds is 25. The molecule has 0 aliphatic rings. The van der Waals surface area contributed by atoms with E-state index in [-0.39, 0.29) is 39.4 Å². The second kappa shape index (κ2) is 26.9. The van der Waals surface area contributed by atoms with Crippen molar-refractivity contribution >= 4 is 35.1 Å². The Balaban J connectivity index is 0.992. The van der Waals surface area contributed by atoms with E-state index in [1.807, 2.05) is 98.8 Å². The maximum atomic E-state index is 12.4. The van der Waals surface area contributed by atoms with Crippen LogP contribution in [-0.2, 0) is 61.8 Å². The first-order chi connectivity index (χ1) is 37.8. The number of hydrogen-bond donors (Lipinski definition) is 3. The van der Waals surface area contributed by atoms with Crippen molar-refractivity contribution in [3.63, 3.8) is 0 Å². The second-order valence-electron chi connectivity index (χ2n) is 18.7. The number of pyridine rings is 2. The molecule has 394 valence electrons. The maximum Gasteiger partial charge on any atom is 0.321 e. The van der Waals surface area contributed by atoms with E-state index in [0.29, 0.717) is 80.1 Å². The minimum atomic E-state index is -0.997. The van der Waals surface area contributed by atoms with Gasteiger partial charge in [0.1, 0.15) is 67.6 Å². The first-order valence-electron chi connectivity index (χ1n) is 25.1. The SMILES string of the molecule is Cc1c(COc2cc(OCc3cncc(C#N)c3)c(CCC(Cc3ccccc3)C(=O)O)cc2Cl)cccc1-c1cccc(COc2cc(OCc3cncc(C#N)c3)c(CNC(Cc3ccccc3)C(=O)O)cc2Cl)c1C. The van der Waals surface area contributed by atoms with E-state index in [1.165, 1.54) is 12.4 Å². The topological polar surface area (TPSA) is 197 Å². The van der Waals surface area contributed by atoms with Gasteiger partial charge in [0.15, 0.2) is 0 Å². The average molecular weight is 1080 g/mol. The monoisotopic (exact) mass is 1080 g/mol. The van der Waals surface area contributed by atoms with Crippen LogP contribution in [-0.4, -0.2) is 38.2 Å². The van der Waals surface area contributed by atoms with Gasteiger partial charge in [-0.1, -0.05) is 120 Å². The lowest BCUT2D eigenvalue weighted by atomic mass is 9.92. The molecule has 78 heavy (non-hydrogen) atoms. The lowest BCUT2D eigenvalue weighted by molar-refractivity contribution is -0.142. The van der Waals surface area contributed by atoms with Crippen LogP contribution in [0.5, 0.6) is 23.0 Å². The quantitative estimate of drug-likeness (QED) is 0.0489. The van der Waals surface area contributed by atoms with Crippen LogP contribution in [0.3, 0.4) is 0 Å². The van der Waals surface area contributed by atoms with Gasteiger partial charge in [-0.25, -0.2) is 0 Å². The minimum Gasteiger partial charge on any atom is -0.488 e. The number of aromatic nitrogens is 2. The van der Waals surface area contributed by atoms with Crippen LogP contribution in [0, 0.1) is 42.4 Å². The largest absolute Gasteiger partial charge is 0.488 e. The summed E-state index contributed by atoms with van der Waals surface area (Å²) in [5.41, 5.74) is 11.1. The molecule has 0 radical (unpaired) electrons. The summed E-state index contributed by atoms with van der Waals surface area (Å²) >= 11 is 13.9. The Bertz CT molecular complexity index is 3260. The highest BCUT2D eigenvalue weighted by molar-refractivity contribution is 6.32. The third-order valence-electron chi connectivity index (χ3n) is 13.4. The predicted molar refractivity (Wildman–Crippen MR) is 297 cm³/mol. The van der Waals surface area contributed by atoms with Crippen molar-refractivity contribution < 1.29 is 38.7 Å². The molecule has 0 amide bonds. The highest BCUT2D eigenvalue weighted by Crippen LogP contribution is 2.38. The van der Waals surface area contributed by atoms with Gasteiger partial charge in [0.05, 0.1) is 27.1 Å². The van der Waals surface area contributed by atoms with Crippen LogP contribution in [0.2, 0.25) is 10.0 Å². The number of halogens is 2. The van der Waals surface area contributed by atoms with Crippen molar-refractivity contribution in [2.45, 2.75) is 78.5 Å². The molecule has 3 N–H and O–H groups in total. The normalized spacial score (nSPS) is 11.7. The second-order valence-corrected chi connectivity index (χ2v) is 19.5. The van der Waals surface area contributed by atoms with Crippen molar-refractivity contribution in [2.24, 2.45) is 5.92 Å². The van der Waals surface area contributed by atoms with Crippen LogP contribution < -0.4 is 24.3 Å². The molecule has 6 aromatic carbocycles. The van der Waals surface area contributed by atoms with Gasteiger partial charge in [0.2, 0.25) is 0 Å². The molecule has 0 fully saturated rings. The Kier molecular flexibility index (Phi) is 19.1.